The number of H-pyrrole nitrogens is 1. The minimum absolute atomic E-state index is 0.0488. The summed E-state index contributed by atoms with van der Waals surface area (Å²) in [7, 11) is 0. The van der Waals surface area contributed by atoms with Gasteiger partial charge in [0.15, 0.2) is 0 Å². The molecule has 0 amide bonds. The summed E-state index contributed by atoms with van der Waals surface area (Å²) in [5, 5.41) is 0. The van der Waals surface area contributed by atoms with Crippen LogP contribution in [0, 0.1) is 11.6 Å². The molecule has 76 valence electrons. The smallest absolute Gasteiger partial charge is 0.248 e. The van der Waals surface area contributed by atoms with Crippen molar-refractivity contribution in [2.24, 2.45) is 0 Å². The van der Waals surface area contributed by atoms with Gasteiger partial charge >= 0.3 is 0 Å². The van der Waals surface area contributed by atoms with E-state index in [1.165, 1.54) is 18.2 Å². The number of aromatic amines is 1. The molecule has 1 aromatic carbocycles. The summed E-state index contributed by atoms with van der Waals surface area (Å²) in [5.74, 6) is -1.12. The Kier molecular flexibility index (Phi) is 2.33. The summed E-state index contributed by atoms with van der Waals surface area (Å²) in [5.41, 5.74) is -0.0386. The molecule has 15 heavy (non-hydrogen) atoms. The highest BCUT2D eigenvalue weighted by Crippen LogP contribution is 2.20. The summed E-state index contributed by atoms with van der Waals surface area (Å²) >= 11 is 0. The summed E-state index contributed by atoms with van der Waals surface area (Å²) in [6.07, 6.45) is 0. The molecule has 2 nitrogen and oxygen atoms in total. The normalized spacial score (nSPS) is 10.3. The second kappa shape index (κ2) is 3.65. The zero-order valence-corrected chi connectivity index (χ0v) is 7.63. The van der Waals surface area contributed by atoms with E-state index in [2.05, 4.69) is 4.98 Å². The highest BCUT2D eigenvalue weighted by atomic mass is 19.1. The first-order valence-corrected chi connectivity index (χ1v) is 4.31. The van der Waals surface area contributed by atoms with Crippen molar-refractivity contribution in [3.63, 3.8) is 0 Å². The fourth-order valence-electron chi connectivity index (χ4n) is 1.31. The van der Waals surface area contributed by atoms with E-state index in [4.69, 9.17) is 0 Å². The van der Waals surface area contributed by atoms with E-state index in [0.29, 0.717) is 0 Å². The van der Waals surface area contributed by atoms with Gasteiger partial charge in [0, 0.05) is 11.6 Å². The molecule has 0 radical (unpaired) electrons. The summed E-state index contributed by atoms with van der Waals surface area (Å²) in [4.78, 5) is 13.4. The highest BCUT2D eigenvalue weighted by Gasteiger charge is 2.06. The molecule has 1 N–H and O–H groups in total. The van der Waals surface area contributed by atoms with E-state index in [9.17, 15) is 13.6 Å². The molecule has 1 heterocycles. The Morgan fingerprint density at radius 1 is 1.07 bits per heavy atom. The number of hydrogen-bond acceptors (Lipinski definition) is 1. The van der Waals surface area contributed by atoms with Gasteiger partial charge in [0.1, 0.15) is 11.6 Å². The van der Waals surface area contributed by atoms with Crippen LogP contribution in [0.3, 0.4) is 0 Å². The lowest BCUT2D eigenvalue weighted by atomic mass is 10.1. The summed E-state index contributed by atoms with van der Waals surface area (Å²) < 4.78 is 26.2. The van der Waals surface area contributed by atoms with E-state index >= 15 is 0 Å². The number of hydrogen-bond donors (Lipinski definition) is 1. The molecule has 0 aliphatic carbocycles. The third kappa shape index (κ3) is 1.93. The second-order valence-electron chi connectivity index (χ2n) is 3.05. The van der Waals surface area contributed by atoms with Gasteiger partial charge in [0.2, 0.25) is 5.56 Å². The Morgan fingerprint density at radius 3 is 2.60 bits per heavy atom. The van der Waals surface area contributed by atoms with Gasteiger partial charge in [0.05, 0.1) is 5.69 Å². The number of aromatic nitrogens is 1. The lowest BCUT2D eigenvalue weighted by Crippen LogP contribution is -2.04. The Morgan fingerprint density at radius 2 is 1.87 bits per heavy atom. The molecule has 2 rings (SSSR count). The van der Waals surface area contributed by atoms with E-state index in [-0.39, 0.29) is 16.8 Å². The SMILES string of the molecule is O=c1cccc(-c2cc(F)ccc2F)[nH]1. The second-order valence-corrected chi connectivity index (χ2v) is 3.05. The molecule has 0 saturated carbocycles. The van der Waals surface area contributed by atoms with Crippen LogP contribution in [0.5, 0.6) is 0 Å². The summed E-state index contributed by atoms with van der Waals surface area (Å²) in [6.45, 7) is 0. The molecule has 0 aliphatic rings. The standard InChI is InChI=1S/C11H7F2NO/c12-7-4-5-9(13)8(6-7)10-2-1-3-11(15)14-10/h1-6H,(H,14,15). The Hall–Kier alpha value is -1.97. The van der Waals surface area contributed by atoms with Crippen LogP contribution in [-0.4, -0.2) is 4.98 Å². The topological polar surface area (TPSA) is 32.9 Å². The summed E-state index contributed by atoms with van der Waals surface area (Å²) in [6, 6.07) is 7.40. The minimum Gasteiger partial charge on any atom is -0.322 e. The fourth-order valence-corrected chi connectivity index (χ4v) is 1.31. The van der Waals surface area contributed by atoms with Crippen molar-refractivity contribution < 1.29 is 8.78 Å². The van der Waals surface area contributed by atoms with E-state index in [1.807, 2.05) is 0 Å². The highest BCUT2D eigenvalue weighted by molar-refractivity contribution is 5.59. The van der Waals surface area contributed by atoms with Crippen molar-refractivity contribution in [1.82, 2.24) is 4.98 Å². The van der Waals surface area contributed by atoms with Gasteiger partial charge in [-0.25, -0.2) is 8.78 Å². The Balaban J connectivity index is 2.63. The fraction of sp³-hybridized carbons (Fsp3) is 0. The van der Waals surface area contributed by atoms with Crippen molar-refractivity contribution in [1.29, 1.82) is 0 Å². The molecule has 0 bridgehead atoms. The zero-order valence-electron chi connectivity index (χ0n) is 7.63. The van der Waals surface area contributed by atoms with Gasteiger partial charge in [-0.2, -0.15) is 0 Å². The maximum Gasteiger partial charge on any atom is 0.248 e. The number of benzene rings is 1. The van der Waals surface area contributed by atoms with Crippen LogP contribution in [-0.2, 0) is 0 Å². The predicted octanol–water partition coefficient (Wildman–Crippen LogP) is 2.32. The molecule has 0 saturated heterocycles. The first-order chi connectivity index (χ1) is 7.16. The van der Waals surface area contributed by atoms with Gasteiger partial charge in [-0.3, -0.25) is 4.79 Å². The van der Waals surface area contributed by atoms with Crippen molar-refractivity contribution in [2.75, 3.05) is 0 Å². The zero-order chi connectivity index (χ0) is 10.8. The van der Waals surface area contributed by atoms with Crippen LogP contribution in [0.2, 0.25) is 0 Å². The van der Waals surface area contributed by atoms with Gasteiger partial charge in [-0.15, -0.1) is 0 Å². The Labute approximate surface area is 84.2 Å². The lowest BCUT2D eigenvalue weighted by Gasteiger charge is -2.02. The largest absolute Gasteiger partial charge is 0.322 e. The number of rotatable bonds is 1. The maximum absolute atomic E-state index is 13.3. The monoisotopic (exact) mass is 207 g/mol. The Bertz CT molecular complexity index is 548. The van der Waals surface area contributed by atoms with Crippen LogP contribution in [0.1, 0.15) is 0 Å². The predicted molar refractivity (Wildman–Crippen MR) is 52.4 cm³/mol. The number of pyridine rings is 1. The van der Waals surface area contributed by atoms with Gasteiger partial charge < -0.3 is 4.98 Å². The quantitative estimate of drug-likeness (QED) is 0.764. The minimum atomic E-state index is -0.571. The van der Waals surface area contributed by atoms with Crippen LogP contribution in [0.25, 0.3) is 11.3 Å². The van der Waals surface area contributed by atoms with Crippen molar-refractivity contribution >= 4 is 0 Å². The molecule has 0 spiro atoms. The van der Waals surface area contributed by atoms with Crippen LogP contribution in [0.15, 0.2) is 41.2 Å². The number of nitrogens with one attached hydrogen (secondary N) is 1. The first kappa shape index (κ1) is 9.58. The van der Waals surface area contributed by atoms with Crippen molar-refractivity contribution in [2.45, 2.75) is 0 Å². The van der Waals surface area contributed by atoms with E-state index in [1.54, 1.807) is 0 Å². The molecule has 1 aromatic heterocycles. The third-order valence-corrected chi connectivity index (χ3v) is 1.99. The van der Waals surface area contributed by atoms with Gasteiger partial charge in [0.25, 0.3) is 0 Å². The molecule has 2 aromatic rings. The average molecular weight is 207 g/mol. The van der Waals surface area contributed by atoms with Crippen molar-refractivity contribution in [3.8, 4) is 11.3 Å². The van der Waals surface area contributed by atoms with Crippen molar-refractivity contribution in [3.05, 3.63) is 58.4 Å². The van der Waals surface area contributed by atoms with E-state index in [0.717, 1.165) is 18.2 Å². The molecular formula is C11H7F2NO. The van der Waals surface area contributed by atoms with Crippen LogP contribution < -0.4 is 5.56 Å². The van der Waals surface area contributed by atoms with Gasteiger partial charge in [-0.05, 0) is 24.3 Å². The molecule has 0 aliphatic heterocycles. The average Bonchev–Trinajstić information content (AvgIpc) is 2.22. The molecule has 0 atom stereocenters. The maximum atomic E-state index is 13.3. The third-order valence-electron chi connectivity index (χ3n) is 1.99. The number of halogens is 2. The van der Waals surface area contributed by atoms with Crippen LogP contribution in [0.4, 0.5) is 8.78 Å². The molecular weight excluding hydrogens is 200 g/mol. The van der Waals surface area contributed by atoms with E-state index < -0.39 is 11.6 Å². The van der Waals surface area contributed by atoms with Gasteiger partial charge in [-0.1, -0.05) is 6.07 Å². The molecule has 0 fully saturated rings. The first-order valence-electron chi connectivity index (χ1n) is 4.31. The van der Waals surface area contributed by atoms with Crippen LogP contribution >= 0.6 is 0 Å². The molecule has 4 heteroatoms. The molecule has 0 unspecified atom stereocenters. The lowest BCUT2D eigenvalue weighted by molar-refractivity contribution is 0.602.